The Kier molecular flexibility index (Phi) is 6.98. The number of rotatable bonds is 7. The lowest BCUT2D eigenvalue weighted by Gasteiger charge is -2.15. The second-order valence-electron chi connectivity index (χ2n) is 4.77. The fraction of sp³-hybridized carbons (Fsp3) is 0.538. The van der Waals surface area contributed by atoms with Crippen LogP contribution in [0.2, 0.25) is 0 Å². The Labute approximate surface area is 128 Å². The summed E-state index contributed by atoms with van der Waals surface area (Å²) in [6.45, 7) is 0.833. The Bertz CT molecular complexity index is 435. The number of nitrogens with two attached hydrogens (primary N) is 1. The molecule has 20 heavy (non-hydrogen) atoms. The predicted molar refractivity (Wildman–Crippen MR) is 82.2 cm³/mol. The summed E-state index contributed by atoms with van der Waals surface area (Å²) in [6, 6.07) is 1.86. The number of thiophene rings is 1. The molecule has 1 unspecified atom stereocenters. The van der Waals surface area contributed by atoms with E-state index >= 15 is 0 Å². The van der Waals surface area contributed by atoms with E-state index in [0.29, 0.717) is 31.0 Å². The molecule has 1 heterocycles. The lowest BCUT2D eigenvalue weighted by Crippen LogP contribution is -2.42. The molecular formula is C13H20ClN3O2S. The molecule has 0 saturated heterocycles. The molecule has 2 rings (SSSR count). The van der Waals surface area contributed by atoms with Crippen molar-refractivity contribution in [3.05, 3.63) is 22.4 Å². The van der Waals surface area contributed by atoms with Crippen LogP contribution in [0.1, 0.15) is 29.6 Å². The van der Waals surface area contributed by atoms with Crippen molar-refractivity contribution in [2.45, 2.75) is 25.3 Å². The summed E-state index contributed by atoms with van der Waals surface area (Å²) in [5, 5.41) is 9.29. The van der Waals surface area contributed by atoms with Crippen molar-refractivity contribution in [1.29, 1.82) is 0 Å². The minimum atomic E-state index is -0.133. The van der Waals surface area contributed by atoms with E-state index < -0.39 is 0 Å². The molecule has 1 fully saturated rings. The molecule has 0 aliphatic heterocycles. The normalized spacial score (nSPS) is 15.1. The van der Waals surface area contributed by atoms with Crippen molar-refractivity contribution >= 4 is 35.6 Å². The van der Waals surface area contributed by atoms with Gasteiger partial charge in [-0.2, -0.15) is 11.3 Å². The van der Waals surface area contributed by atoms with Crippen molar-refractivity contribution in [2.75, 3.05) is 13.1 Å². The summed E-state index contributed by atoms with van der Waals surface area (Å²) in [7, 11) is 0. The average Bonchev–Trinajstić information content (AvgIpc) is 3.09. The highest BCUT2D eigenvalue weighted by Gasteiger charge is 2.30. The van der Waals surface area contributed by atoms with E-state index in [0.717, 1.165) is 12.8 Å². The average molecular weight is 318 g/mol. The molecule has 0 aromatic carbocycles. The van der Waals surface area contributed by atoms with Crippen LogP contribution >= 0.6 is 23.7 Å². The number of hydrogen-bond donors (Lipinski definition) is 3. The zero-order valence-electron chi connectivity index (χ0n) is 11.1. The van der Waals surface area contributed by atoms with Gasteiger partial charge < -0.3 is 16.4 Å². The molecule has 7 heteroatoms. The first-order valence-electron chi connectivity index (χ1n) is 6.50. The molecule has 0 bridgehead atoms. The van der Waals surface area contributed by atoms with Gasteiger partial charge in [0.15, 0.2) is 0 Å². The molecule has 112 valence electrons. The standard InChI is InChI=1S/C13H19N3O2S.ClH/c14-7-11(9-1-2-9)16-12(17)3-5-15-13(18)10-4-6-19-8-10;/h4,6,8-9,11H,1-3,5,7,14H2,(H,15,18)(H,16,17);1H. The monoisotopic (exact) mass is 317 g/mol. The van der Waals surface area contributed by atoms with E-state index in [2.05, 4.69) is 10.6 Å². The van der Waals surface area contributed by atoms with Gasteiger partial charge in [-0.1, -0.05) is 0 Å². The first kappa shape index (κ1) is 16.9. The lowest BCUT2D eigenvalue weighted by atomic mass is 10.2. The Morgan fingerprint density at radius 3 is 2.75 bits per heavy atom. The molecule has 1 aliphatic rings. The highest BCUT2D eigenvalue weighted by molar-refractivity contribution is 7.08. The quantitative estimate of drug-likeness (QED) is 0.705. The van der Waals surface area contributed by atoms with Crippen molar-refractivity contribution in [3.63, 3.8) is 0 Å². The van der Waals surface area contributed by atoms with E-state index in [1.165, 1.54) is 11.3 Å². The third kappa shape index (κ3) is 5.11. The van der Waals surface area contributed by atoms with E-state index in [-0.39, 0.29) is 30.3 Å². The Morgan fingerprint density at radius 1 is 1.45 bits per heavy atom. The number of carbonyl (C=O) groups excluding carboxylic acids is 2. The van der Waals surface area contributed by atoms with Gasteiger partial charge in [0.1, 0.15) is 0 Å². The van der Waals surface area contributed by atoms with Crippen LogP contribution in [-0.2, 0) is 4.79 Å². The van der Waals surface area contributed by atoms with Crippen LogP contribution in [0.5, 0.6) is 0 Å². The maximum absolute atomic E-state index is 11.7. The van der Waals surface area contributed by atoms with Gasteiger partial charge >= 0.3 is 0 Å². The molecule has 1 aromatic heterocycles. The maximum Gasteiger partial charge on any atom is 0.252 e. The predicted octanol–water partition coefficient (Wildman–Crippen LogP) is 1.14. The molecule has 1 aromatic rings. The molecule has 5 nitrogen and oxygen atoms in total. The summed E-state index contributed by atoms with van der Waals surface area (Å²) >= 11 is 1.48. The lowest BCUT2D eigenvalue weighted by molar-refractivity contribution is -0.121. The summed E-state index contributed by atoms with van der Waals surface area (Å²) in [4.78, 5) is 23.3. The van der Waals surface area contributed by atoms with Gasteiger partial charge in [0, 0.05) is 36.5 Å². The third-order valence-corrected chi connectivity index (χ3v) is 3.90. The molecule has 1 saturated carbocycles. The van der Waals surface area contributed by atoms with Gasteiger partial charge in [-0.15, -0.1) is 12.4 Å². The van der Waals surface area contributed by atoms with E-state index in [1.54, 1.807) is 11.4 Å². The van der Waals surface area contributed by atoms with Crippen LogP contribution in [0.15, 0.2) is 16.8 Å². The maximum atomic E-state index is 11.7. The molecule has 4 N–H and O–H groups in total. The van der Waals surface area contributed by atoms with Crippen molar-refractivity contribution in [1.82, 2.24) is 10.6 Å². The van der Waals surface area contributed by atoms with Crippen molar-refractivity contribution in [3.8, 4) is 0 Å². The van der Waals surface area contributed by atoms with E-state index in [1.807, 2.05) is 5.38 Å². The number of nitrogens with one attached hydrogen (secondary N) is 2. The zero-order valence-corrected chi connectivity index (χ0v) is 12.8. The van der Waals surface area contributed by atoms with Gasteiger partial charge in [0.2, 0.25) is 5.91 Å². The smallest absolute Gasteiger partial charge is 0.252 e. The van der Waals surface area contributed by atoms with Crippen LogP contribution in [0, 0.1) is 5.92 Å². The molecule has 1 aliphatic carbocycles. The van der Waals surface area contributed by atoms with Gasteiger partial charge in [-0.3, -0.25) is 9.59 Å². The largest absolute Gasteiger partial charge is 0.352 e. The fourth-order valence-electron chi connectivity index (χ4n) is 1.93. The Morgan fingerprint density at radius 2 is 2.20 bits per heavy atom. The summed E-state index contributed by atoms with van der Waals surface area (Å²) < 4.78 is 0. The Hall–Kier alpha value is -1.11. The fourth-order valence-corrected chi connectivity index (χ4v) is 2.57. The minimum absolute atomic E-state index is 0. The molecule has 0 radical (unpaired) electrons. The molecule has 0 spiro atoms. The summed E-state index contributed by atoms with van der Waals surface area (Å²) in [5.74, 6) is 0.369. The van der Waals surface area contributed by atoms with Crippen molar-refractivity contribution < 1.29 is 9.59 Å². The molecule has 1 atom stereocenters. The first-order valence-corrected chi connectivity index (χ1v) is 7.45. The van der Waals surface area contributed by atoms with Crippen LogP contribution < -0.4 is 16.4 Å². The molecular weight excluding hydrogens is 298 g/mol. The van der Waals surface area contributed by atoms with Gasteiger partial charge in [0.05, 0.1) is 0 Å². The summed E-state index contributed by atoms with van der Waals surface area (Å²) in [6.07, 6.45) is 2.59. The van der Waals surface area contributed by atoms with E-state index in [9.17, 15) is 9.59 Å². The second-order valence-corrected chi connectivity index (χ2v) is 5.55. The van der Waals surface area contributed by atoms with Gasteiger partial charge in [-0.25, -0.2) is 0 Å². The summed E-state index contributed by atoms with van der Waals surface area (Å²) in [5.41, 5.74) is 6.26. The van der Waals surface area contributed by atoms with Crippen LogP contribution in [0.4, 0.5) is 0 Å². The van der Waals surface area contributed by atoms with Crippen LogP contribution in [-0.4, -0.2) is 30.9 Å². The Balaban J connectivity index is 0.00000200. The number of halogens is 1. The third-order valence-electron chi connectivity index (χ3n) is 3.21. The van der Waals surface area contributed by atoms with Gasteiger partial charge in [0.25, 0.3) is 5.91 Å². The zero-order chi connectivity index (χ0) is 13.7. The SMILES string of the molecule is Cl.NCC(NC(=O)CCNC(=O)c1ccsc1)C1CC1. The number of amides is 2. The number of carbonyl (C=O) groups is 2. The highest BCUT2D eigenvalue weighted by atomic mass is 35.5. The number of hydrogen-bond acceptors (Lipinski definition) is 4. The topological polar surface area (TPSA) is 84.2 Å². The van der Waals surface area contributed by atoms with Gasteiger partial charge in [-0.05, 0) is 30.2 Å². The van der Waals surface area contributed by atoms with Crippen molar-refractivity contribution in [2.24, 2.45) is 11.7 Å². The molecule has 2 amide bonds. The first-order chi connectivity index (χ1) is 9.20. The van der Waals surface area contributed by atoms with E-state index in [4.69, 9.17) is 5.73 Å². The minimum Gasteiger partial charge on any atom is -0.352 e. The highest BCUT2D eigenvalue weighted by Crippen LogP contribution is 2.32. The van der Waals surface area contributed by atoms with Crippen LogP contribution in [0.25, 0.3) is 0 Å². The van der Waals surface area contributed by atoms with Crippen LogP contribution in [0.3, 0.4) is 0 Å². The second kappa shape index (κ2) is 8.24.